The first-order valence-corrected chi connectivity index (χ1v) is 7.94. The van der Waals surface area contributed by atoms with Gasteiger partial charge in [-0.05, 0) is 35.6 Å². The van der Waals surface area contributed by atoms with Crippen LogP contribution in [0.4, 0.5) is 10.1 Å². The molecule has 0 aliphatic rings. The van der Waals surface area contributed by atoms with Gasteiger partial charge in [0.1, 0.15) is 5.82 Å². The van der Waals surface area contributed by atoms with Crippen LogP contribution in [0.1, 0.15) is 17.4 Å². The van der Waals surface area contributed by atoms with Gasteiger partial charge in [0.05, 0.1) is 5.69 Å². The summed E-state index contributed by atoms with van der Waals surface area (Å²) in [6.07, 6.45) is 0.797. The maximum absolute atomic E-state index is 13.6. The van der Waals surface area contributed by atoms with Gasteiger partial charge in [0.2, 0.25) is 0 Å². The number of anilines is 1. The summed E-state index contributed by atoms with van der Waals surface area (Å²) in [5.41, 5.74) is 1.76. The minimum absolute atomic E-state index is 0.232. The minimum Gasteiger partial charge on any atom is -0.313 e. The molecule has 0 aliphatic carbocycles. The van der Waals surface area contributed by atoms with Gasteiger partial charge in [0.25, 0.3) is 0 Å². The highest BCUT2D eigenvalue weighted by atomic mass is 32.2. The smallest absolute Gasteiger partial charge is 0.125 e. The Morgan fingerprint density at radius 1 is 1.42 bits per heavy atom. The van der Waals surface area contributed by atoms with Crippen molar-refractivity contribution in [1.82, 2.24) is 0 Å². The topological polar surface area (TPSA) is 29.3 Å². The second-order valence-corrected chi connectivity index (χ2v) is 6.26. The van der Waals surface area contributed by atoms with Crippen molar-refractivity contribution in [1.29, 1.82) is 0 Å². The summed E-state index contributed by atoms with van der Waals surface area (Å²) in [5, 5.41) is 3.55. The van der Waals surface area contributed by atoms with Crippen LogP contribution in [0.2, 0.25) is 0 Å². The molecule has 1 heterocycles. The molecule has 0 bridgehead atoms. The van der Waals surface area contributed by atoms with E-state index in [2.05, 4.69) is 11.4 Å². The number of halogens is 1. The maximum Gasteiger partial charge on any atom is 0.125 e. The predicted octanol–water partition coefficient (Wildman–Crippen LogP) is 4.05. The fourth-order valence-corrected chi connectivity index (χ4v) is 3.92. The number of thiophene rings is 1. The van der Waals surface area contributed by atoms with E-state index in [1.54, 1.807) is 36.2 Å². The quantitative estimate of drug-likeness (QED) is 0.513. The highest BCUT2D eigenvalue weighted by molar-refractivity contribution is 7.98. The monoisotopic (exact) mass is 296 g/mol. The van der Waals surface area contributed by atoms with Crippen LogP contribution in [0.15, 0.2) is 34.5 Å². The lowest BCUT2D eigenvalue weighted by atomic mass is 10.1. The maximum atomic E-state index is 13.6. The molecule has 0 spiro atoms. The summed E-state index contributed by atoms with van der Waals surface area (Å²) in [4.78, 5) is 2.38. The van der Waals surface area contributed by atoms with Gasteiger partial charge < -0.3 is 5.01 Å². The Hall–Kier alpha value is -1.04. The minimum atomic E-state index is -0.232. The highest BCUT2D eigenvalue weighted by Crippen LogP contribution is 2.36. The number of nitrogens with zero attached hydrogens (tertiary/aromatic N) is 1. The molecule has 0 saturated heterocycles. The summed E-state index contributed by atoms with van der Waals surface area (Å²) >= 11 is 3.45. The molecule has 102 valence electrons. The zero-order chi connectivity index (χ0) is 13.8. The number of hydrogen-bond donors (Lipinski definition) is 1. The first-order valence-electron chi connectivity index (χ1n) is 6.07. The SMILES string of the molecule is CCc1cc(F)cc(N(C)N)c1SCc1cccs1. The lowest BCUT2D eigenvalue weighted by Gasteiger charge is -2.19. The molecule has 2 aromatic rings. The van der Waals surface area contributed by atoms with Gasteiger partial charge >= 0.3 is 0 Å². The van der Waals surface area contributed by atoms with Crippen molar-refractivity contribution in [2.45, 2.75) is 24.0 Å². The van der Waals surface area contributed by atoms with Crippen LogP contribution in [0.3, 0.4) is 0 Å². The van der Waals surface area contributed by atoms with E-state index in [1.165, 1.54) is 16.0 Å². The number of nitrogens with two attached hydrogens (primary N) is 1. The van der Waals surface area contributed by atoms with E-state index in [1.807, 2.05) is 13.0 Å². The van der Waals surface area contributed by atoms with E-state index in [0.717, 1.165) is 28.3 Å². The Balaban J connectivity index is 2.30. The zero-order valence-corrected chi connectivity index (χ0v) is 12.7. The molecule has 0 aliphatic heterocycles. The van der Waals surface area contributed by atoms with Gasteiger partial charge in [-0.3, -0.25) is 0 Å². The van der Waals surface area contributed by atoms with E-state index >= 15 is 0 Å². The third-order valence-electron chi connectivity index (χ3n) is 2.81. The Morgan fingerprint density at radius 3 is 2.79 bits per heavy atom. The van der Waals surface area contributed by atoms with Crippen LogP contribution in [-0.2, 0) is 12.2 Å². The van der Waals surface area contributed by atoms with Crippen molar-refractivity contribution in [3.05, 3.63) is 45.9 Å². The van der Waals surface area contributed by atoms with Gasteiger partial charge in [-0.15, -0.1) is 23.1 Å². The predicted molar refractivity (Wildman–Crippen MR) is 82.2 cm³/mol. The normalized spacial score (nSPS) is 10.7. The molecular weight excluding hydrogens is 279 g/mol. The van der Waals surface area contributed by atoms with Gasteiger partial charge in [-0.2, -0.15) is 0 Å². The van der Waals surface area contributed by atoms with Crippen LogP contribution < -0.4 is 10.9 Å². The van der Waals surface area contributed by atoms with Crippen molar-refractivity contribution in [3.8, 4) is 0 Å². The standard InChI is InChI=1S/C14H17FN2S2/c1-3-10-7-11(15)8-13(17(2)16)14(10)19-9-12-5-4-6-18-12/h4-8H,3,9,16H2,1-2H3. The molecule has 0 amide bonds. The van der Waals surface area contributed by atoms with E-state index in [9.17, 15) is 4.39 Å². The largest absolute Gasteiger partial charge is 0.313 e. The molecule has 0 fully saturated rings. The molecular formula is C14H17FN2S2. The second kappa shape index (κ2) is 6.41. The van der Waals surface area contributed by atoms with Gasteiger partial charge in [0.15, 0.2) is 0 Å². The van der Waals surface area contributed by atoms with Crippen LogP contribution in [0.25, 0.3) is 0 Å². The number of aryl methyl sites for hydroxylation is 1. The molecule has 0 saturated carbocycles. The summed E-state index contributed by atoms with van der Waals surface area (Å²) in [5.74, 6) is 6.47. The van der Waals surface area contributed by atoms with Gasteiger partial charge in [-0.25, -0.2) is 10.2 Å². The van der Waals surface area contributed by atoms with Crippen molar-refractivity contribution < 1.29 is 4.39 Å². The van der Waals surface area contributed by atoms with Crippen molar-refractivity contribution >= 4 is 28.8 Å². The van der Waals surface area contributed by atoms with Crippen molar-refractivity contribution in [2.75, 3.05) is 12.1 Å². The Bertz CT molecular complexity index is 539. The first kappa shape index (κ1) is 14.4. The van der Waals surface area contributed by atoms with E-state index < -0.39 is 0 Å². The summed E-state index contributed by atoms with van der Waals surface area (Å²) < 4.78 is 13.6. The molecule has 1 aromatic carbocycles. The van der Waals surface area contributed by atoms with E-state index in [0.29, 0.717) is 0 Å². The Morgan fingerprint density at radius 2 is 2.21 bits per heavy atom. The van der Waals surface area contributed by atoms with Crippen LogP contribution in [0.5, 0.6) is 0 Å². The number of benzene rings is 1. The average molecular weight is 296 g/mol. The van der Waals surface area contributed by atoms with Crippen LogP contribution in [0, 0.1) is 5.82 Å². The third kappa shape index (κ3) is 3.49. The van der Waals surface area contributed by atoms with Crippen LogP contribution >= 0.6 is 23.1 Å². The average Bonchev–Trinajstić information content (AvgIpc) is 2.89. The Labute approximate surface area is 121 Å². The van der Waals surface area contributed by atoms with Crippen LogP contribution in [-0.4, -0.2) is 7.05 Å². The van der Waals surface area contributed by atoms with Gasteiger partial charge in [0, 0.05) is 22.6 Å². The number of hydrogen-bond acceptors (Lipinski definition) is 4. The van der Waals surface area contributed by atoms with Gasteiger partial charge in [-0.1, -0.05) is 13.0 Å². The molecule has 1 aromatic heterocycles. The molecule has 0 unspecified atom stereocenters. The number of hydrazine groups is 1. The van der Waals surface area contributed by atoms with E-state index in [4.69, 9.17) is 5.84 Å². The summed E-state index contributed by atoms with van der Waals surface area (Å²) in [6, 6.07) is 7.25. The van der Waals surface area contributed by atoms with Crippen molar-refractivity contribution in [3.63, 3.8) is 0 Å². The summed E-state index contributed by atoms with van der Waals surface area (Å²) in [6.45, 7) is 2.03. The first-order chi connectivity index (χ1) is 9.11. The van der Waals surface area contributed by atoms with E-state index in [-0.39, 0.29) is 5.82 Å². The molecule has 5 heteroatoms. The highest BCUT2D eigenvalue weighted by Gasteiger charge is 2.13. The Kier molecular flexibility index (Phi) is 4.85. The lowest BCUT2D eigenvalue weighted by molar-refractivity contribution is 0.623. The second-order valence-electron chi connectivity index (χ2n) is 4.25. The fraction of sp³-hybridized carbons (Fsp3) is 0.286. The molecule has 2 nitrogen and oxygen atoms in total. The van der Waals surface area contributed by atoms with Crippen molar-refractivity contribution in [2.24, 2.45) is 5.84 Å². The zero-order valence-electron chi connectivity index (χ0n) is 11.0. The molecule has 2 rings (SSSR count). The third-order valence-corrected chi connectivity index (χ3v) is 5.09. The number of thioether (sulfide) groups is 1. The fourth-order valence-electron chi connectivity index (χ4n) is 1.86. The molecule has 19 heavy (non-hydrogen) atoms. The summed E-state index contributed by atoms with van der Waals surface area (Å²) in [7, 11) is 1.74. The number of rotatable bonds is 5. The molecule has 0 atom stereocenters. The molecule has 2 N–H and O–H groups in total. The molecule has 0 radical (unpaired) electrons. The lowest BCUT2D eigenvalue weighted by Crippen LogP contribution is -2.26.